The van der Waals surface area contributed by atoms with Crippen LogP contribution in [0.25, 0.3) is 6.08 Å². The molecule has 1 unspecified atom stereocenters. The van der Waals surface area contributed by atoms with Crippen LogP contribution in [0.4, 0.5) is 0 Å². The van der Waals surface area contributed by atoms with Crippen LogP contribution in [0.5, 0.6) is 0 Å². The Hall–Kier alpha value is -1.32. The predicted octanol–water partition coefficient (Wildman–Crippen LogP) is 2.63. The number of aliphatic hydroxyl groups is 1. The molecule has 1 amide bonds. The van der Waals surface area contributed by atoms with Crippen molar-refractivity contribution in [2.24, 2.45) is 0 Å². The zero-order valence-electron chi connectivity index (χ0n) is 10.6. The SMILES string of the molecule is CCC(C)(CO)NC(=O)C=Cc1cccc(Cl)c1. The molecule has 1 aromatic rings. The molecule has 0 fully saturated rings. The molecule has 98 valence electrons. The smallest absolute Gasteiger partial charge is 0.244 e. The van der Waals surface area contributed by atoms with E-state index in [2.05, 4.69) is 5.32 Å². The Kier molecular flexibility index (Phi) is 5.38. The first-order valence-electron chi connectivity index (χ1n) is 5.86. The van der Waals surface area contributed by atoms with E-state index in [1.807, 2.05) is 19.1 Å². The minimum absolute atomic E-state index is 0.0831. The molecule has 1 aromatic carbocycles. The van der Waals surface area contributed by atoms with Gasteiger partial charge in [-0.1, -0.05) is 30.7 Å². The maximum absolute atomic E-state index is 11.7. The topological polar surface area (TPSA) is 49.3 Å². The number of hydrogen-bond donors (Lipinski definition) is 2. The standard InChI is InChI=1S/C14H18ClNO2/c1-3-14(2,10-17)16-13(18)8-7-11-5-4-6-12(15)9-11/h4-9,17H,3,10H2,1-2H3,(H,16,18). The summed E-state index contributed by atoms with van der Waals surface area (Å²) in [6.45, 7) is 3.63. The van der Waals surface area contributed by atoms with Crippen molar-refractivity contribution < 1.29 is 9.90 Å². The maximum atomic E-state index is 11.7. The monoisotopic (exact) mass is 267 g/mol. The average molecular weight is 268 g/mol. The van der Waals surface area contributed by atoms with Crippen molar-refractivity contribution in [3.8, 4) is 0 Å². The van der Waals surface area contributed by atoms with E-state index >= 15 is 0 Å². The zero-order valence-corrected chi connectivity index (χ0v) is 11.4. The second-order valence-corrected chi connectivity index (χ2v) is 4.89. The maximum Gasteiger partial charge on any atom is 0.244 e. The highest BCUT2D eigenvalue weighted by Gasteiger charge is 2.21. The number of benzene rings is 1. The molecule has 0 radical (unpaired) electrons. The molecule has 0 aromatic heterocycles. The predicted molar refractivity (Wildman–Crippen MR) is 74.4 cm³/mol. The zero-order chi connectivity index (χ0) is 13.6. The number of nitrogens with one attached hydrogen (secondary N) is 1. The molecule has 0 bridgehead atoms. The molecule has 0 aliphatic carbocycles. The molecule has 0 aliphatic heterocycles. The molecule has 2 N–H and O–H groups in total. The molecule has 1 atom stereocenters. The highest BCUT2D eigenvalue weighted by atomic mass is 35.5. The molecule has 3 nitrogen and oxygen atoms in total. The number of amides is 1. The van der Waals surface area contributed by atoms with Crippen LogP contribution in [0.1, 0.15) is 25.8 Å². The first-order chi connectivity index (χ1) is 8.49. The van der Waals surface area contributed by atoms with Crippen molar-refractivity contribution in [1.29, 1.82) is 0 Å². The van der Waals surface area contributed by atoms with Crippen LogP contribution in [-0.4, -0.2) is 23.2 Å². The van der Waals surface area contributed by atoms with Gasteiger partial charge in [0, 0.05) is 11.1 Å². The second kappa shape index (κ2) is 6.57. The van der Waals surface area contributed by atoms with Crippen molar-refractivity contribution in [1.82, 2.24) is 5.32 Å². The third kappa shape index (κ3) is 4.51. The fraction of sp³-hybridized carbons (Fsp3) is 0.357. The van der Waals surface area contributed by atoms with Gasteiger partial charge in [-0.3, -0.25) is 4.79 Å². The van der Waals surface area contributed by atoms with E-state index < -0.39 is 5.54 Å². The number of carbonyl (C=O) groups is 1. The van der Waals surface area contributed by atoms with Gasteiger partial charge in [-0.25, -0.2) is 0 Å². The molecule has 0 saturated carbocycles. The number of aliphatic hydroxyl groups excluding tert-OH is 1. The van der Waals surface area contributed by atoms with Crippen molar-refractivity contribution in [2.45, 2.75) is 25.8 Å². The molecular formula is C14H18ClNO2. The number of hydrogen-bond acceptors (Lipinski definition) is 2. The van der Waals surface area contributed by atoms with Gasteiger partial charge < -0.3 is 10.4 Å². The van der Waals surface area contributed by atoms with Gasteiger partial charge in [0.2, 0.25) is 5.91 Å². The lowest BCUT2D eigenvalue weighted by Gasteiger charge is -2.26. The van der Waals surface area contributed by atoms with Crippen LogP contribution in [0.3, 0.4) is 0 Å². The number of rotatable bonds is 5. The Morgan fingerprint density at radius 3 is 2.83 bits per heavy atom. The summed E-state index contributed by atoms with van der Waals surface area (Å²) in [7, 11) is 0. The van der Waals surface area contributed by atoms with Gasteiger partial charge >= 0.3 is 0 Å². The highest BCUT2D eigenvalue weighted by molar-refractivity contribution is 6.30. The Morgan fingerprint density at radius 1 is 1.56 bits per heavy atom. The Labute approximate surface area is 112 Å². The summed E-state index contributed by atoms with van der Waals surface area (Å²) in [6, 6.07) is 7.24. The molecular weight excluding hydrogens is 250 g/mol. The lowest BCUT2D eigenvalue weighted by Crippen LogP contribution is -2.47. The molecule has 0 aliphatic rings. The largest absolute Gasteiger partial charge is 0.394 e. The van der Waals surface area contributed by atoms with Crippen molar-refractivity contribution in [3.63, 3.8) is 0 Å². The summed E-state index contributed by atoms with van der Waals surface area (Å²) < 4.78 is 0. The summed E-state index contributed by atoms with van der Waals surface area (Å²) >= 11 is 5.84. The van der Waals surface area contributed by atoms with Crippen LogP contribution >= 0.6 is 11.6 Å². The van der Waals surface area contributed by atoms with Gasteiger partial charge in [0.25, 0.3) is 0 Å². The Morgan fingerprint density at radius 2 is 2.28 bits per heavy atom. The van der Waals surface area contributed by atoms with Crippen LogP contribution < -0.4 is 5.32 Å². The van der Waals surface area contributed by atoms with Gasteiger partial charge in [0.1, 0.15) is 0 Å². The normalized spacial score (nSPS) is 14.4. The summed E-state index contributed by atoms with van der Waals surface area (Å²) in [5.41, 5.74) is 0.287. The van der Waals surface area contributed by atoms with E-state index in [4.69, 9.17) is 11.6 Å². The van der Waals surface area contributed by atoms with Crippen LogP contribution in [0, 0.1) is 0 Å². The second-order valence-electron chi connectivity index (χ2n) is 4.45. The number of carbonyl (C=O) groups excluding carboxylic acids is 1. The Balaban J connectivity index is 2.65. The van der Waals surface area contributed by atoms with Crippen LogP contribution in [0.2, 0.25) is 5.02 Å². The number of halogens is 1. The van der Waals surface area contributed by atoms with E-state index in [1.165, 1.54) is 6.08 Å². The highest BCUT2D eigenvalue weighted by Crippen LogP contribution is 2.12. The van der Waals surface area contributed by atoms with E-state index in [9.17, 15) is 9.90 Å². The third-order valence-electron chi connectivity index (χ3n) is 2.83. The van der Waals surface area contributed by atoms with Crippen molar-refractivity contribution in [3.05, 3.63) is 40.9 Å². The van der Waals surface area contributed by atoms with E-state index in [0.29, 0.717) is 11.4 Å². The van der Waals surface area contributed by atoms with Crippen molar-refractivity contribution in [2.75, 3.05) is 6.61 Å². The Bertz CT molecular complexity index is 439. The molecule has 0 saturated heterocycles. The quantitative estimate of drug-likeness (QED) is 0.806. The lowest BCUT2D eigenvalue weighted by molar-refractivity contribution is -0.118. The van der Waals surface area contributed by atoms with Gasteiger partial charge in [0.15, 0.2) is 0 Å². The first kappa shape index (κ1) is 14.7. The van der Waals surface area contributed by atoms with Crippen LogP contribution in [-0.2, 0) is 4.79 Å². The third-order valence-corrected chi connectivity index (χ3v) is 3.07. The average Bonchev–Trinajstić information content (AvgIpc) is 2.36. The van der Waals surface area contributed by atoms with Crippen LogP contribution in [0.15, 0.2) is 30.3 Å². The fourth-order valence-electron chi connectivity index (χ4n) is 1.36. The van der Waals surface area contributed by atoms with Gasteiger partial charge in [-0.15, -0.1) is 0 Å². The van der Waals surface area contributed by atoms with Crippen molar-refractivity contribution >= 4 is 23.6 Å². The molecule has 0 heterocycles. The summed E-state index contributed by atoms with van der Waals surface area (Å²) in [5.74, 6) is -0.228. The van der Waals surface area contributed by atoms with Gasteiger partial charge in [-0.05, 0) is 37.1 Å². The van der Waals surface area contributed by atoms with E-state index in [0.717, 1.165) is 5.56 Å². The lowest BCUT2D eigenvalue weighted by atomic mass is 10.0. The molecule has 1 rings (SSSR count). The minimum Gasteiger partial charge on any atom is -0.394 e. The summed E-state index contributed by atoms with van der Waals surface area (Å²) in [4.78, 5) is 11.7. The van der Waals surface area contributed by atoms with Gasteiger partial charge in [0.05, 0.1) is 12.1 Å². The molecule has 0 spiro atoms. The van der Waals surface area contributed by atoms with Gasteiger partial charge in [-0.2, -0.15) is 0 Å². The summed E-state index contributed by atoms with van der Waals surface area (Å²) in [5, 5.41) is 12.6. The minimum atomic E-state index is -0.574. The molecule has 4 heteroatoms. The first-order valence-corrected chi connectivity index (χ1v) is 6.23. The summed E-state index contributed by atoms with van der Waals surface area (Å²) in [6.07, 6.45) is 3.80. The van der Waals surface area contributed by atoms with E-state index in [-0.39, 0.29) is 12.5 Å². The van der Waals surface area contributed by atoms with E-state index in [1.54, 1.807) is 25.1 Å². The fourth-order valence-corrected chi connectivity index (χ4v) is 1.56. The molecule has 18 heavy (non-hydrogen) atoms.